The molecule has 0 radical (unpaired) electrons. The summed E-state index contributed by atoms with van der Waals surface area (Å²) in [6, 6.07) is 6.09. The van der Waals surface area contributed by atoms with Gasteiger partial charge in [0, 0.05) is 35.4 Å². The monoisotopic (exact) mass is 446 g/mol. The van der Waals surface area contributed by atoms with E-state index < -0.39 is 34.8 Å². The van der Waals surface area contributed by atoms with Gasteiger partial charge < -0.3 is 5.11 Å². The third-order valence-electron chi connectivity index (χ3n) is 5.33. The van der Waals surface area contributed by atoms with Crippen molar-refractivity contribution in [2.75, 3.05) is 0 Å². The Balaban J connectivity index is 1.67. The van der Waals surface area contributed by atoms with E-state index in [0.717, 1.165) is 24.3 Å². The minimum atomic E-state index is -1.90. The summed E-state index contributed by atoms with van der Waals surface area (Å²) in [7, 11) is 0. The molecule has 166 valence electrons. The van der Waals surface area contributed by atoms with Gasteiger partial charge in [-0.05, 0) is 12.1 Å². The van der Waals surface area contributed by atoms with Gasteiger partial charge in [-0.25, -0.2) is 31.9 Å². The second-order valence-corrected chi connectivity index (χ2v) is 7.44. The van der Waals surface area contributed by atoms with Gasteiger partial charge in [0.15, 0.2) is 0 Å². The van der Waals surface area contributed by atoms with Gasteiger partial charge in [0.25, 0.3) is 0 Å². The van der Waals surface area contributed by atoms with E-state index in [9.17, 15) is 22.7 Å². The number of benzene rings is 2. The van der Waals surface area contributed by atoms with Gasteiger partial charge in [0.05, 0.1) is 18.8 Å². The lowest BCUT2D eigenvalue weighted by molar-refractivity contribution is -0.0123. The smallest absolute Gasteiger partial charge is 0.137 e. The number of hydrogen-bond donors (Lipinski definition) is 1. The fourth-order valence-corrected chi connectivity index (χ4v) is 3.52. The summed E-state index contributed by atoms with van der Waals surface area (Å²) < 4.78 is 57.9. The molecule has 7 nitrogen and oxygen atoms in total. The van der Waals surface area contributed by atoms with Gasteiger partial charge in [0.1, 0.15) is 41.5 Å². The molecule has 4 rings (SSSR count). The normalized spacial score (nSPS) is 14.3. The Hall–Kier alpha value is -3.60. The highest BCUT2D eigenvalue weighted by Gasteiger charge is 2.41. The molecule has 0 bridgehead atoms. The van der Waals surface area contributed by atoms with Crippen LogP contribution in [0, 0.1) is 23.3 Å². The lowest BCUT2D eigenvalue weighted by atomic mass is 9.80. The summed E-state index contributed by atoms with van der Waals surface area (Å²) >= 11 is 0. The van der Waals surface area contributed by atoms with Crippen LogP contribution in [-0.4, -0.2) is 34.9 Å². The van der Waals surface area contributed by atoms with Crippen LogP contribution >= 0.6 is 0 Å². The van der Waals surface area contributed by atoms with E-state index in [-0.39, 0.29) is 29.9 Å². The second kappa shape index (κ2) is 8.50. The maximum absolute atomic E-state index is 14.7. The van der Waals surface area contributed by atoms with E-state index in [1.807, 2.05) is 0 Å². The topological polar surface area (TPSA) is 81.6 Å². The molecule has 2 aromatic heterocycles. The molecule has 2 aromatic carbocycles. The molecule has 1 N–H and O–H groups in total. The van der Waals surface area contributed by atoms with Crippen LogP contribution in [0.3, 0.4) is 0 Å². The van der Waals surface area contributed by atoms with Gasteiger partial charge in [-0.3, -0.25) is 0 Å². The van der Waals surface area contributed by atoms with Crippen molar-refractivity contribution in [3.8, 4) is 0 Å². The summed E-state index contributed by atoms with van der Waals surface area (Å²) in [6.45, 7) is 1.38. The molecular formula is C21H18F4N6O. The van der Waals surface area contributed by atoms with Gasteiger partial charge in [-0.2, -0.15) is 5.10 Å². The molecular weight excluding hydrogens is 428 g/mol. The Morgan fingerprint density at radius 2 is 1.72 bits per heavy atom. The number of halogens is 4. The van der Waals surface area contributed by atoms with Crippen LogP contribution in [-0.2, 0) is 18.7 Å². The number of aromatic nitrogens is 6. The van der Waals surface area contributed by atoms with Crippen molar-refractivity contribution < 1.29 is 22.7 Å². The molecule has 2 atom stereocenters. The molecule has 0 saturated carbocycles. The molecule has 4 aromatic rings. The van der Waals surface area contributed by atoms with E-state index in [0.29, 0.717) is 6.07 Å². The van der Waals surface area contributed by atoms with E-state index in [4.69, 9.17) is 0 Å². The quantitative estimate of drug-likeness (QED) is 0.441. The van der Waals surface area contributed by atoms with E-state index >= 15 is 0 Å². The Labute approximate surface area is 180 Å². The van der Waals surface area contributed by atoms with Gasteiger partial charge >= 0.3 is 0 Å². The van der Waals surface area contributed by atoms with Gasteiger partial charge in [0.2, 0.25) is 0 Å². The predicted molar refractivity (Wildman–Crippen MR) is 104 cm³/mol. The van der Waals surface area contributed by atoms with Crippen LogP contribution in [0.1, 0.15) is 29.7 Å². The number of rotatable bonds is 7. The zero-order valence-electron chi connectivity index (χ0n) is 16.8. The standard InChI is InChI=1S/C21H18F4N6O/c1-13(20-9-30(29-28-20)8-14-2-3-15(22)6-18(14)24)21(32,10-31-12-26-11-27-31)17-5-4-16(23)7-19(17)25/h2-7,9,11-13,32H,8,10H2,1H3. The third-order valence-corrected chi connectivity index (χ3v) is 5.33. The first-order valence-corrected chi connectivity index (χ1v) is 9.60. The molecule has 0 fully saturated rings. The first-order chi connectivity index (χ1) is 15.3. The zero-order chi connectivity index (χ0) is 22.9. The fraction of sp³-hybridized carbons (Fsp3) is 0.238. The minimum absolute atomic E-state index is 0.0295. The van der Waals surface area contributed by atoms with Crippen LogP contribution < -0.4 is 0 Å². The molecule has 0 spiro atoms. The summed E-state index contributed by atoms with van der Waals surface area (Å²) in [5.41, 5.74) is -1.58. The molecule has 2 unspecified atom stereocenters. The van der Waals surface area contributed by atoms with Crippen molar-refractivity contribution in [3.63, 3.8) is 0 Å². The van der Waals surface area contributed by atoms with Crippen LogP contribution in [0.25, 0.3) is 0 Å². The molecule has 0 aliphatic rings. The van der Waals surface area contributed by atoms with Crippen molar-refractivity contribution in [2.24, 2.45) is 0 Å². The molecule has 0 aliphatic heterocycles. The SMILES string of the molecule is CC(c1cn(Cc2ccc(F)cc2F)nn1)C(O)(Cn1cncn1)c1ccc(F)cc1F. The molecule has 0 aliphatic carbocycles. The third kappa shape index (κ3) is 4.24. The zero-order valence-corrected chi connectivity index (χ0v) is 16.8. The average Bonchev–Trinajstić information content (AvgIpc) is 3.41. The summed E-state index contributed by atoms with van der Waals surface area (Å²) in [4.78, 5) is 3.83. The van der Waals surface area contributed by atoms with Crippen molar-refractivity contribution in [3.05, 3.63) is 95.3 Å². The van der Waals surface area contributed by atoms with Crippen molar-refractivity contribution in [1.82, 2.24) is 29.8 Å². The lowest BCUT2D eigenvalue weighted by Gasteiger charge is -2.33. The van der Waals surface area contributed by atoms with Gasteiger partial charge in [-0.1, -0.05) is 24.3 Å². The molecule has 32 heavy (non-hydrogen) atoms. The Bertz CT molecular complexity index is 1230. The first kappa shape index (κ1) is 21.6. The summed E-state index contributed by atoms with van der Waals surface area (Å²) in [5, 5.41) is 23.5. The van der Waals surface area contributed by atoms with Gasteiger partial charge in [-0.15, -0.1) is 5.10 Å². The minimum Gasteiger partial charge on any atom is -0.382 e. The largest absolute Gasteiger partial charge is 0.382 e. The number of hydrogen-bond acceptors (Lipinski definition) is 5. The maximum atomic E-state index is 14.7. The van der Waals surface area contributed by atoms with E-state index in [1.165, 1.54) is 34.3 Å². The maximum Gasteiger partial charge on any atom is 0.137 e. The molecule has 0 saturated heterocycles. The van der Waals surface area contributed by atoms with Crippen LogP contribution in [0.2, 0.25) is 0 Å². The highest BCUT2D eigenvalue weighted by molar-refractivity contribution is 5.29. The lowest BCUT2D eigenvalue weighted by Crippen LogP contribution is -2.38. The van der Waals surface area contributed by atoms with Crippen LogP contribution in [0.5, 0.6) is 0 Å². The summed E-state index contributed by atoms with van der Waals surface area (Å²) in [6.07, 6.45) is 4.09. The second-order valence-electron chi connectivity index (χ2n) is 7.44. The Morgan fingerprint density at radius 1 is 1.00 bits per heavy atom. The molecule has 11 heteroatoms. The van der Waals surface area contributed by atoms with Crippen LogP contribution in [0.15, 0.2) is 55.2 Å². The number of aliphatic hydroxyl groups is 1. The summed E-state index contributed by atoms with van der Waals surface area (Å²) in [5.74, 6) is -3.97. The average molecular weight is 446 g/mol. The highest BCUT2D eigenvalue weighted by atomic mass is 19.1. The molecule has 2 heterocycles. The number of nitrogens with zero attached hydrogens (tertiary/aromatic N) is 6. The Kier molecular flexibility index (Phi) is 5.74. The molecule has 0 amide bonds. The fourth-order valence-electron chi connectivity index (χ4n) is 3.52. The predicted octanol–water partition coefficient (Wildman–Crippen LogP) is 3.17. The van der Waals surface area contributed by atoms with Crippen molar-refractivity contribution >= 4 is 0 Å². The van der Waals surface area contributed by atoms with Crippen molar-refractivity contribution in [1.29, 1.82) is 0 Å². The van der Waals surface area contributed by atoms with E-state index in [1.54, 1.807) is 6.92 Å². The highest BCUT2D eigenvalue weighted by Crippen LogP contribution is 2.38. The van der Waals surface area contributed by atoms with Crippen LogP contribution in [0.4, 0.5) is 17.6 Å². The van der Waals surface area contributed by atoms with E-state index in [2.05, 4.69) is 20.4 Å². The van der Waals surface area contributed by atoms with Crippen molar-refractivity contribution in [2.45, 2.75) is 31.5 Å². The Morgan fingerprint density at radius 3 is 2.38 bits per heavy atom. The first-order valence-electron chi connectivity index (χ1n) is 9.60.